The normalized spacial score (nSPS) is 22.5. The molecule has 0 aromatic heterocycles. The van der Waals surface area contributed by atoms with Crippen molar-refractivity contribution in [3.63, 3.8) is 0 Å². The molecule has 1 heterocycles. The molecule has 1 atom stereocenters. The number of nitrogens with zero attached hydrogens (tertiary/aromatic N) is 2. The highest BCUT2D eigenvalue weighted by atomic mass is 16.2. The predicted molar refractivity (Wildman–Crippen MR) is 64.2 cm³/mol. The Bertz CT molecular complexity index is 307. The fraction of sp³-hybridized carbons (Fsp3) is 0.833. The van der Waals surface area contributed by atoms with Crippen molar-refractivity contribution in [1.29, 1.82) is 0 Å². The molecule has 2 aliphatic rings. The summed E-state index contributed by atoms with van der Waals surface area (Å²) in [5, 5.41) is 0. The standard InChI is InChI=1S/C12H21N3O2/c1-9(16)14-4-6-15(7-5-14)12(17)8-11(13)10-2-3-10/h10-11H,2-8,13H2,1H3. The van der Waals surface area contributed by atoms with Crippen LogP contribution in [0.1, 0.15) is 26.2 Å². The van der Waals surface area contributed by atoms with Crippen LogP contribution in [0.2, 0.25) is 0 Å². The molecule has 0 aromatic carbocycles. The average molecular weight is 239 g/mol. The van der Waals surface area contributed by atoms with Gasteiger partial charge in [-0.05, 0) is 18.8 Å². The van der Waals surface area contributed by atoms with Crippen LogP contribution in [0.15, 0.2) is 0 Å². The van der Waals surface area contributed by atoms with Gasteiger partial charge in [0.15, 0.2) is 0 Å². The monoisotopic (exact) mass is 239 g/mol. The maximum Gasteiger partial charge on any atom is 0.224 e. The summed E-state index contributed by atoms with van der Waals surface area (Å²) in [5.74, 6) is 0.803. The lowest BCUT2D eigenvalue weighted by molar-refractivity contribution is -0.138. The van der Waals surface area contributed by atoms with Crippen LogP contribution in [0.3, 0.4) is 0 Å². The molecule has 2 N–H and O–H groups in total. The average Bonchev–Trinajstić information content (AvgIpc) is 3.12. The number of hydrogen-bond donors (Lipinski definition) is 1. The second kappa shape index (κ2) is 5.04. The number of rotatable bonds is 3. The van der Waals surface area contributed by atoms with Gasteiger partial charge in [-0.25, -0.2) is 0 Å². The third kappa shape index (κ3) is 3.19. The number of carbonyl (C=O) groups is 2. The molecular weight excluding hydrogens is 218 g/mol. The molecule has 1 aliphatic heterocycles. The van der Waals surface area contributed by atoms with Gasteiger partial charge in [-0.2, -0.15) is 0 Å². The first kappa shape index (κ1) is 12.4. The second-order valence-corrected chi connectivity index (χ2v) is 5.09. The molecule has 2 fully saturated rings. The Morgan fingerprint density at radius 3 is 2.18 bits per heavy atom. The summed E-state index contributed by atoms with van der Waals surface area (Å²) in [6.07, 6.45) is 2.81. The Balaban J connectivity index is 1.75. The largest absolute Gasteiger partial charge is 0.339 e. The van der Waals surface area contributed by atoms with E-state index in [-0.39, 0.29) is 17.9 Å². The van der Waals surface area contributed by atoms with Gasteiger partial charge in [0.2, 0.25) is 11.8 Å². The van der Waals surface area contributed by atoms with Gasteiger partial charge in [-0.1, -0.05) is 0 Å². The molecule has 2 amide bonds. The van der Waals surface area contributed by atoms with Crippen molar-refractivity contribution in [3.8, 4) is 0 Å². The van der Waals surface area contributed by atoms with Crippen LogP contribution >= 0.6 is 0 Å². The minimum absolute atomic E-state index is 0.0355. The van der Waals surface area contributed by atoms with Crippen molar-refractivity contribution in [1.82, 2.24) is 9.80 Å². The lowest BCUT2D eigenvalue weighted by Gasteiger charge is -2.34. The zero-order chi connectivity index (χ0) is 12.4. The Labute approximate surface area is 102 Å². The maximum absolute atomic E-state index is 12.0. The van der Waals surface area contributed by atoms with Gasteiger partial charge in [-0.15, -0.1) is 0 Å². The summed E-state index contributed by atoms with van der Waals surface area (Å²) in [4.78, 5) is 26.7. The summed E-state index contributed by atoms with van der Waals surface area (Å²) in [5.41, 5.74) is 5.95. The third-order valence-corrected chi connectivity index (χ3v) is 3.72. The number of piperazine rings is 1. The molecule has 1 saturated heterocycles. The summed E-state index contributed by atoms with van der Waals surface area (Å²) < 4.78 is 0. The van der Waals surface area contributed by atoms with Gasteiger partial charge in [-0.3, -0.25) is 9.59 Å². The molecule has 5 nitrogen and oxygen atoms in total. The summed E-state index contributed by atoms with van der Waals surface area (Å²) in [6, 6.07) is 0.0355. The van der Waals surface area contributed by atoms with E-state index in [4.69, 9.17) is 5.73 Å². The van der Waals surface area contributed by atoms with E-state index in [2.05, 4.69) is 0 Å². The SMILES string of the molecule is CC(=O)N1CCN(C(=O)CC(N)C2CC2)CC1. The number of hydrogen-bond acceptors (Lipinski definition) is 3. The van der Waals surface area contributed by atoms with E-state index in [1.807, 2.05) is 4.90 Å². The van der Waals surface area contributed by atoms with Crippen LogP contribution < -0.4 is 5.73 Å². The highest BCUT2D eigenvalue weighted by Crippen LogP contribution is 2.33. The first-order valence-corrected chi connectivity index (χ1v) is 6.37. The molecular formula is C12H21N3O2. The molecule has 5 heteroatoms. The van der Waals surface area contributed by atoms with E-state index in [9.17, 15) is 9.59 Å². The van der Waals surface area contributed by atoms with Crippen molar-refractivity contribution < 1.29 is 9.59 Å². The van der Waals surface area contributed by atoms with Crippen molar-refractivity contribution in [3.05, 3.63) is 0 Å². The quantitative estimate of drug-likeness (QED) is 0.742. The lowest BCUT2D eigenvalue weighted by atomic mass is 10.1. The van der Waals surface area contributed by atoms with Crippen molar-refractivity contribution >= 4 is 11.8 Å². The Hall–Kier alpha value is -1.10. The lowest BCUT2D eigenvalue weighted by Crippen LogP contribution is -2.51. The molecule has 1 unspecified atom stereocenters. The van der Waals surface area contributed by atoms with Crippen molar-refractivity contribution in [2.45, 2.75) is 32.2 Å². The molecule has 2 rings (SSSR count). The van der Waals surface area contributed by atoms with E-state index >= 15 is 0 Å². The zero-order valence-corrected chi connectivity index (χ0v) is 10.4. The van der Waals surface area contributed by atoms with E-state index in [0.29, 0.717) is 38.5 Å². The molecule has 0 radical (unpaired) electrons. The molecule has 1 saturated carbocycles. The summed E-state index contributed by atoms with van der Waals surface area (Å²) in [6.45, 7) is 4.17. The van der Waals surface area contributed by atoms with Gasteiger partial charge in [0.1, 0.15) is 0 Å². The Morgan fingerprint density at radius 1 is 1.18 bits per heavy atom. The van der Waals surface area contributed by atoms with Gasteiger partial charge < -0.3 is 15.5 Å². The highest BCUT2D eigenvalue weighted by Gasteiger charge is 2.31. The first-order chi connectivity index (χ1) is 8.08. The number of carbonyl (C=O) groups excluding carboxylic acids is 2. The van der Waals surface area contributed by atoms with Crippen molar-refractivity contribution in [2.24, 2.45) is 11.7 Å². The van der Waals surface area contributed by atoms with E-state index < -0.39 is 0 Å². The van der Waals surface area contributed by atoms with E-state index in [1.165, 1.54) is 12.8 Å². The van der Waals surface area contributed by atoms with Crippen LogP contribution in [-0.4, -0.2) is 53.8 Å². The number of nitrogens with two attached hydrogens (primary N) is 1. The molecule has 0 spiro atoms. The van der Waals surface area contributed by atoms with Gasteiger partial charge >= 0.3 is 0 Å². The minimum Gasteiger partial charge on any atom is -0.339 e. The van der Waals surface area contributed by atoms with Crippen LogP contribution in [0.25, 0.3) is 0 Å². The van der Waals surface area contributed by atoms with E-state index in [1.54, 1.807) is 11.8 Å². The summed E-state index contributed by atoms with van der Waals surface area (Å²) >= 11 is 0. The molecule has 0 bridgehead atoms. The Morgan fingerprint density at radius 2 is 1.71 bits per heavy atom. The topological polar surface area (TPSA) is 66.6 Å². The second-order valence-electron chi connectivity index (χ2n) is 5.09. The third-order valence-electron chi connectivity index (χ3n) is 3.72. The summed E-state index contributed by atoms with van der Waals surface area (Å²) in [7, 11) is 0. The number of amides is 2. The van der Waals surface area contributed by atoms with Gasteiger partial charge in [0.25, 0.3) is 0 Å². The van der Waals surface area contributed by atoms with Crippen LogP contribution in [0.4, 0.5) is 0 Å². The molecule has 96 valence electrons. The van der Waals surface area contributed by atoms with E-state index in [0.717, 1.165) is 0 Å². The zero-order valence-electron chi connectivity index (χ0n) is 10.4. The fourth-order valence-corrected chi connectivity index (χ4v) is 2.29. The smallest absolute Gasteiger partial charge is 0.224 e. The molecule has 17 heavy (non-hydrogen) atoms. The highest BCUT2D eigenvalue weighted by molar-refractivity contribution is 5.78. The van der Waals surface area contributed by atoms with Crippen LogP contribution in [0.5, 0.6) is 0 Å². The first-order valence-electron chi connectivity index (χ1n) is 6.37. The molecule has 0 aromatic rings. The minimum atomic E-state index is 0.0355. The molecule has 1 aliphatic carbocycles. The fourth-order valence-electron chi connectivity index (χ4n) is 2.29. The van der Waals surface area contributed by atoms with Gasteiger partial charge in [0, 0.05) is 45.6 Å². The van der Waals surface area contributed by atoms with Crippen LogP contribution in [-0.2, 0) is 9.59 Å². The van der Waals surface area contributed by atoms with Crippen LogP contribution in [0, 0.1) is 5.92 Å². The van der Waals surface area contributed by atoms with Crippen molar-refractivity contribution in [2.75, 3.05) is 26.2 Å². The Kier molecular flexibility index (Phi) is 3.66. The maximum atomic E-state index is 12.0. The predicted octanol–water partition coefficient (Wildman–Crippen LogP) is -0.195. The van der Waals surface area contributed by atoms with Gasteiger partial charge in [0.05, 0.1) is 0 Å².